The summed E-state index contributed by atoms with van der Waals surface area (Å²) in [5, 5.41) is 2.65. The zero-order chi connectivity index (χ0) is 26.5. The third kappa shape index (κ3) is 8.48. The second-order valence-electron chi connectivity index (χ2n) is 11.5. The van der Waals surface area contributed by atoms with E-state index in [-0.39, 0.29) is 12.3 Å². The molecule has 2 amide bonds. The molecule has 0 unspecified atom stereocenters. The SMILES string of the molecule is CC(C)(C)OC(=O)N[C@@H](Cc1ccc(N2CCN(C3CCOCC3)CC2=O)cc1)C(=O)OC(C)(C)C. The van der Waals surface area contributed by atoms with Crippen molar-refractivity contribution in [2.75, 3.05) is 37.7 Å². The molecule has 1 aromatic rings. The number of carbonyl (C=O) groups excluding carboxylic acids is 3. The summed E-state index contributed by atoms with van der Waals surface area (Å²) in [6, 6.07) is 7.03. The predicted molar refractivity (Wildman–Crippen MR) is 137 cm³/mol. The van der Waals surface area contributed by atoms with Gasteiger partial charge in [0.25, 0.3) is 0 Å². The number of ether oxygens (including phenoxy) is 3. The average molecular weight is 504 g/mol. The molecule has 36 heavy (non-hydrogen) atoms. The summed E-state index contributed by atoms with van der Waals surface area (Å²) in [4.78, 5) is 42.2. The summed E-state index contributed by atoms with van der Waals surface area (Å²) in [7, 11) is 0. The lowest BCUT2D eigenvalue weighted by Crippen LogP contribution is -2.54. The van der Waals surface area contributed by atoms with Crippen LogP contribution in [0.3, 0.4) is 0 Å². The Morgan fingerprint density at radius 2 is 1.61 bits per heavy atom. The first kappa shape index (κ1) is 27.9. The van der Waals surface area contributed by atoms with Crippen LogP contribution in [-0.2, 0) is 30.2 Å². The molecule has 200 valence electrons. The van der Waals surface area contributed by atoms with E-state index in [9.17, 15) is 14.4 Å². The second-order valence-corrected chi connectivity index (χ2v) is 11.5. The first-order valence-corrected chi connectivity index (χ1v) is 12.7. The number of amides is 2. The van der Waals surface area contributed by atoms with Crippen LogP contribution in [0.4, 0.5) is 10.5 Å². The summed E-state index contributed by atoms with van der Waals surface area (Å²) in [5.74, 6) is -0.449. The van der Waals surface area contributed by atoms with E-state index >= 15 is 0 Å². The Morgan fingerprint density at radius 3 is 2.17 bits per heavy atom. The summed E-state index contributed by atoms with van der Waals surface area (Å²) in [5.41, 5.74) is 0.274. The number of alkyl carbamates (subject to hydrolysis) is 1. The van der Waals surface area contributed by atoms with Crippen molar-refractivity contribution in [1.29, 1.82) is 0 Å². The lowest BCUT2D eigenvalue weighted by molar-refractivity contribution is -0.157. The first-order valence-electron chi connectivity index (χ1n) is 12.7. The van der Waals surface area contributed by atoms with Crippen LogP contribution in [-0.4, -0.2) is 79.0 Å². The molecule has 9 heteroatoms. The number of anilines is 1. The van der Waals surface area contributed by atoms with E-state index in [4.69, 9.17) is 14.2 Å². The van der Waals surface area contributed by atoms with Gasteiger partial charge in [0, 0.05) is 44.5 Å². The fourth-order valence-corrected chi connectivity index (χ4v) is 4.39. The molecule has 0 saturated carbocycles. The van der Waals surface area contributed by atoms with Crippen LogP contribution < -0.4 is 10.2 Å². The molecule has 2 saturated heterocycles. The summed E-state index contributed by atoms with van der Waals surface area (Å²) in [6.07, 6.45) is 1.50. The van der Waals surface area contributed by atoms with Gasteiger partial charge in [-0.05, 0) is 72.1 Å². The van der Waals surface area contributed by atoms with Crippen LogP contribution in [0.5, 0.6) is 0 Å². The molecule has 3 rings (SSSR count). The van der Waals surface area contributed by atoms with Crippen molar-refractivity contribution in [3.05, 3.63) is 29.8 Å². The number of carbonyl (C=O) groups is 3. The van der Waals surface area contributed by atoms with Crippen molar-refractivity contribution in [1.82, 2.24) is 10.2 Å². The molecule has 2 aliphatic heterocycles. The molecule has 2 fully saturated rings. The van der Waals surface area contributed by atoms with Gasteiger partial charge in [-0.2, -0.15) is 0 Å². The lowest BCUT2D eigenvalue weighted by atomic mass is 10.0. The van der Waals surface area contributed by atoms with E-state index in [0.29, 0.717) is 19.1 Å². The maximum atomic E-state index is 12.9. The summed E-state index contributed by atoms with van der Waals surface area (Å²) >= 11 is 0. The zero-order valence-corrected chi connectivity index (χ0v) is 22.5. The van der Waals surface area contributed by atoms with E-state index < -0.39 is 29.3 Å². The monoisotopic (exact) mass is 503 g/mol. The molecule has 1 aromatic carbocycles. The number of hydrogen-bond donors (Lipinski definition) is 1. The van der Waals surface area contributed by atoms with Gasteiger partial charge in [-0.15, -0.1) is 0 Å². The normalized spacial score (nSPS) is 19.1. The van der Waals surface area contributed by atoms with Gasteiger partial charge in [0.1, 0.15) is 17.2 Å². The molecule has 0 spiro atoms. The van der Waals surface area contributed by atoms with Gasteiger partial charge in [-0.25, -0.2) is 9.59 Å². The number of piperazine rings is 1. The van der Waals surface area contributed by atoms with E-state index in [2.05, 4.69) is 10.2 Å². The molecule has 2 aliphatic rings. The van der Waals surface area contributed by atoms with Crippen LogP contribution in [0, 0.1) is 0 Å². The Kier molecular flexibility index (Phi) is 9.00. The van der Waals surface area contributed by atoms with Crippen molar-refractivity contribution in [2.45, 2.75) is 84.1 Å². The third-order valence-corrected chi connectivity index (χ3v) is 6.03. The number of nitrogens with zero attached hydrogens (tertiary/aromatic N) is 2. The molecule has 0 radical (unpaired) electrons. The van der Waals surface area contributed by atoms with Crippen molar-refractivity contribution < 1.29 is 28.6 Å². The molecule has 0 aromatic heterocycles. The van der Waals surface area contributed by atoms with Gasteiger partial charge >= 0.3 is 12.1 Å². The quantitative estimate of drug-likeness (QED) is 0.595. The number of esters is 1. The van der Waals surface area contributed by atoms with Crippen LogP contribution in [0.15, 0.2) is 24.3 Å². The van der Waals surface area contributed by atoms with E-state index in [1.54, 1.807) is 41.5 Å². The fourth-order valence-electron chi connectivity index (χ4n) is 4.39. The maximum absolute atomic E-state index is 12.9. The largest absolute Gasteiger partial charge is 0.458 e. The van der Waals surface area contributed by atoms with Crippen LogP contribution in [0.1, 0.15) is 59.9 Å². The number of hydrogen-bond acceptors (Lipinski definition) is 7. The van der Waals surface area contributed by atoms with Crippen molar-refractivity contribution in [3.8, 4) is 0 Å². The van der Waals surface area contributed by atoms with Gasteiger partial charge < -0.3 is 24.4 Å². The highest BCUT2D eigenvalue weighted by atomic mass is 16.6. The minimum atomic E-state index is -0.908. The maximum Gasteiger partial charge on any atom is 0.408 e. The third-order valence-electron chi connectivity index (χ3n) is 6.03. The van der Waals surface area contributed by atoms with E-state index in [1.165, 1.54) is 0 Å². The van der Waals surface area contributed by atoms with Gasteiger partial charge in [0.05, 0.1) is 6.54 Å². The minimum absolute atomic E-state index is 0.0821. The molecule has 9 nitrogen and oxygen atoms in total. The Balaban J connectivity index is 1.64. The Labute approximate surface area is 214 Å². The number of rotatable bonds is 6. The van der Waals surface area contributed by atoms with Crippen molar-refractivity contribution >= 4 is 23.7 Å². The average Bonchev–Trinajstić information content (AvgIpc) is 2.77. The van der Waals surface area contributed by atoms with E-state index in [1.807, 2.05) is 29.2 Å². The van der Waals surface area contributed by atoms with Crippen LogP contribution >= 0.6 is 0 Å². The molecular weight excluding hydrogens is 462 g/mol. The van der Waals surface area contributed by atoms with Crippen molar-refractivity contribution in [2.24, 2.45) is 0 Å². The fraction of sp³-hybridized carbons (Fsp3) is 0.667. The predicted octanol–water partition coefficient (Wildman–Crippen LogP) is 3.29. The van der Waals surface area contributed by atoms with Gasteiger partial charge in [-0.3, -0.25) is 9.69 Å². The molecule has 1 atom stereocenters. The molecular formula is C27H41N3O6. The highest BCUT2D eigenvalue weighted by molar-refractivity contribution is 5.95. The molecule has 1 N–H and O–H groups in total. The van der Waals surface area contributed by atoms with Crippen LogP contribution in [0.25, 0.3) is 0 Å². The smallest absolute Gasteiger partial charge is 0.408 e. The lowest BCUT2D eigenvalue weighted by Gasteiger charge is -2.40. The highest BCUT2D eigenvalue weighted by Gasteiger charge is 2.31. The zero-order valence-electron chi connectivity index (χ0n) is 22.5. The Morgan fingerprint density at radius 1 is 1.00 bits per heavy atom. The number of nitrogens with one attached hydrogen (secondary N) is 1. The first-order chi connectivity index (χ1) is 16.8. The summed E-state index contributed by atoms with van der Waals surface area (Å²) in [6.45, 7) is 14.0. The van der Waals surface area contributed by atoms with Gasteiger partial charge in [-0.1, -0.05) is 12.1 Å². The van der Waals surface area contributed by atoms with Crippen LogP contribution in [0.2, 0.25) is 0 Å². The number of benzene rings is 1. The topological polar surface area (TPSA) is 97.4 Å². The Bertz CT molecular complexity index is 913. The Hall–Kier alpha value is -2.65. The van der Waals surface area contributed by atoms with Gasteiger partial charge in [0.2, 0.25) is 5.91 Å². The standard InChI is InChI=1S/C27H41N3O6/c1-26(2,3)35-24(32)22(28-25(33)36-27(4,5)6)17-19-7-9-21(10-8-19)30-14-13-29(18-23(30)31)20-11-15-34-16-12-20/h7-10,20,22H,11-18H2,1-6H3,(H,28,33)/t22-/m0/s1. The van der Waals surface area contributed by atoms with Crippen molar-refractivity contribution in [3.63, 3.8) is 0 Å². The van der Waals surface area contributed by atoms with E-state index in [0.717, 1.165) is 43.9 Å². The van der Waals surface area contributed by atoms with Gasteiger partial charge in [0.15, 0.2) is 0 Å². The minimum Gasteiger partial charge on any atom is -0.458 e. The molecule has 0 aliphatic carbocycles. The summed E-state index contributed by atoms with van der Waals surface area (Å²) < 4.78 is 16.3. The molecule has 2 heterocycles. The second kappa shape index (κ2) is 11.6. The molecule has 0 bridgehead atoms. The highest BCUT2D eigenvalue weighted by Crippen LogP contribution is 2.23.